The van der Waals surface area contributed by atoms with Gasteiger partial charge in [-0.3, -0.25) is 4.79 Å². The van der Waals surface area contributed by atoms with Crippen molar-refractivity contribution in [2.75, 3.05) is 5.32 Å². The molecule has 0 saturated carbocycles. The Morgan fingerprint density at radius 2 is 2.28 bits per heavy atom. The van der Waals surface area contributed by atoms with Crippen LogP contribution < -0.4 is 10.1 Å². The van der Waals surface area contributed by atoms with E-state index in [1.54, 1.807) is 18.3 Å². The molecular formula is C13H12N2O2S. The van der Waals surface area contributed by atoms with Crippen LogP contribution in [0.3, 0.4) is 0 Å². The minimum absolute atomic E-state index is 0.117. The van der Waals surface area contributed by atoms with Gasteiger partial charge in [-0.25, -0.2) is 4.98 Å². The maximum absolute atomic E-state index is 11.6. The number of benzene rings is 1. The van der Waals surface area contributed by atoms with Crippen LogP contribution in [0.25, 0.3) is 11.3 Å². The number of ether oxygens (including phenoxy) is 1. The van der Waals surface area contributed by atoms with Gasteiger partial charge in [-0.15, -0.1) is 11.3 Å². The number of amides is 1. The fraction of sp³-hybridized carbons (Fsp3) is 0.231. The molecule has 92 valence electrons. The summed E-state index contributed by atoms with van der Waals surface area (Å²) < 4.78 is 5.51. The number of aryl methyl sites for hydroxylation is 1. The summed E-state index contributed by atoms with van der Waals surface area (Å²) >= 11 is 1.61. The fourth-order valence-corrected chi connectivity index (χ4v) is 2.49. The number of rotatable bonds is 1. The van der Waals surface area contributed by atoms with Gasteiger partial charge in [0.25, 0.3) is 5.91 Å². The van der Waals surface area contributed by atoms with E-state index in [0.29, 0.717) is 11.4 Å². The molecule has 0 spiro atoms. The third-order valence-corrected chi connectivity index (χ3v) is 3.60. The van der Waals surface area contributed by atoms with E-state index in [1.165, 1.54) is 0 Å². The van der Waals surface area contributed by atoms with E-state index in [9.17, 15) is 4.79 Å². The largest absolute Gasteiger partial charge is 0.479 e. The molecule has 0 bridgehead atoms. The lowest BCUT2D eigenvalue weighted by molar-refractivity contribution is -0.122. The van der Waals surface area contributed by atoms with Crippen molar-refractivity contribution in [3.63, 3.8) is 0 Å². The SMILES string of the molecule is Cc1nc(-c2ccc3c(c2)NC(=O)[C@H](C)O3)cs1. The molecule has 2 aromatic rings. The summed E-state index contributed by atoms with van der Waals surface area (Å²) in [5.74, 6) is 0.590. The van der Waals surface area contributed by atoms with Crippen molar-refractivity contribution in [1.29, 1.82) is 0 Å². The highest BCUT2D eigenvalue weighted by Crippen LogP contribution is 2.34. The van der Waals surface area contributed by atoms with Crippen molar-refractivity contribution >= 4 is 22.9 Å². The zero-order chi connectivity index (χ0) is 12.7. The molecule has 5 heteroatoms. The number of fused-ring (bicyclic) bond motifs is 1. The van der Waals surface area contributed by atoms with Gasteiger partial charge < -0.3 is 10.1 Å². The Kier molecular flexibility index (Phi) is 2.56. The second kappa shape index (κ2) is 4.10. The van der Waals surface area contributed by atoms with E-state index < -0.39 is 6.10 Å². The molecule has 0 aliphatic carbocycles. The Labute approximate surface area is 109 Å². The number of hydrogen-bond acceptors (Lipinski definition) is 4. The second-order valence-electron chi connectivity index (χ2n) is 4.21. The maximum atomic E-state index is 11.6. The number of nitrogens with one attached hydrogen (secondary N) is 1. The standard InChI is InChI=1S/C13H12N2O2S/c1-7-13(16)15-10-5-9(3-4-12(10)17-7)11-6-18-8(2)14-11/h3-7H,1-2H3,(H,15,16)/t7-/m0/s1. The molecule has 0 radical (unpaired) electrons. The van der Waals surface area contributed by atoms with Crippen molar-refractivity contribution in [3.05, 3.63) is 28.6 Å². The van der Waals surface area contributed by atoms with Crippen LogP contribution in [0.2, 0.25) is 0 Å². The van der Waals surface area contributed by atoms with Crippen LogP contribution in [0.15, 0.2) is 23.6 Å². The zero-order valence-corrected chi connectivity index (χ0v) is 10.9. The van der Waals surface area contributed by atoms with Crippen LogP contribution in [0.5, 0.6) is 5.75 Å². The summed E-state index contributed by atoms with van der Waals surface area (Å²) in [4.78, 5) is 16.0. The van der Waals surface area contributed by atoms with Gasteiger partial charge in [0, 0.05) is 10.9 Å². The molecule has 1 aromatic heterocycles. The molecule has 18 heavy (non-hydrogen) atoms. The summed E-state index contributed by atoms with van der Waals surface area (Å²) in [5, 5.41) is 5.87. The first-order chi connectivity index (χ1) is 8.63. The lowest BCUT2D eigenvalue weighted by Gasteiger charge is -2.23. The molecule has 1 aliphatic heterocycles. The first-order valence-electron chi connectivity index (χ1n) is 5.67. The third kappa shape index (κ3) is 1.86. The number of nitrogens with zero attached hydrogens (tertiary/aromatic N) is 1. The highest BCUT2D eigenvalue weighted by atomic mass is 32.1. The number of carbonyl (C=O) groups excluding carboxylic acids is 1. The molecule has 1 N–H and O–H groups in total. The van der Waals surface area contributed by atoms with Crippen molar-refractivity contribution in [3.8, 4) is 17.0 Å². The lowest BCUT2D eigenvalue weighted by Crippen LogP contribution is -2.34. The minimum atomic E-state index is -0.440. The maximum Gasteiger partial charge on any atom is 0.265 e. The van der Waals surface area contributed by atoms with Crippen LogP contribution >= 0.6 is 11.3 Å². The predicted molar refractivity (Wildman–Crippen MR) is 71.0 cm³/mol. The van der Waals surface area contributed by atoms with Crippen LogP contribution in [0.1, 0.15) is 11.9 Å². The highest BCUT2D eigenvalue weighted by Gasteiger charge is 2.23. The van der Waals surface area contributed by atoms with Crippen molar-refractivity contribution in [2.24, 2.45) is 0 Å². The average Bonchev–Trinajstić information content (AvgIpc) is 2.77. The van der Waals surface area contributed by atoms with Crippen LogP contribution in [0.4, 0.5) is 5.69 Å². The Balaban J connectivity index is 2.01. The molecule has 1 aliphatic rings. The fourth-order valence-electron chi connectivity index (χ4n) is 1.86. The van der Waals surface area contributed by atoms with E-state index >= 15 is 0 Å². The molecule has 4 nitrogen and oxygen atoms in total. The van der Waals surface area contributed by atoms with Gasteiger partial charge in [0.05, 0.1) is 16.4 Å². The topological polar surface area (TPSA) is 51.2 Å². The van der Waals surface area contributed by atoms with E-state index in [0.717, 1.165) is 16.3 Å². The third-order valence-electron chi connectivity index (χ3n) is 2.83. The van der Waals surface area contributed by atoms with Crippen LogP contribution in [0, 0.1) is 6.92 Å². The Bertz CT molecular complexity index is 621. The molecular weight excluding hydrogens is 248 g/mol. The molecule has 0 unspecified atom stereocenters. The van der Waals surface area contributed by atoms with E-state index in [2.05, 4.69) is 10.3 Å². The molecule has 3 rings (SSSR count). The number of anilines is 1. The van der Waals surface area contributed by atoms with E-state index in [4.69, 9.17) is 4.74 Å². The van der Waals surface area contributed by atoms with Crippen molar-refractivity contribution in [1.82, 2.24) is 4.98 Å². The number of thiazole rings is 1. The smallest absolute Gasteiger partial charge is 0.265 e. The number of aromatic nitrogens is 1. The molecule has 0 saturated heterocycles. The van der Waals surface area contributed by atoms with Crippen LogP contribution in [-0.2, 0) is 4.79 Å². The van der Waals surface area contributed by atoms with Crippen molar-refractivity contribution < 1.29 is 9.53 Å². The van der Waals surface area contributed by atoms with Gasteiger partial charge in [-0.2, -0.15) is 0 Å². The first kappa shape index (κ1) is 11.2. The number of carbonyl (C=O) groups is 1. The Morgan fingerprint density at radius 3 is 3.00 bits per heavy atom. The van der Waals surface area contributed by atoms with Gasteiger partial charge in [0.2, 0.25) is 0 Å². The van der Waals surface area contributed by atoms with E-state index in [-0.39, 0.29) is 5.91 Å². The predicted octanol–water partition coefficient (Wildman–Crippen LogP) is 2.84. The van der Waals surface area contributed by atoms with Crippen molar-refractivity contribution in [2.45, 2.75) is 20.0 Å². The first-order valence-corrected chi connectivity index (χ1v) is 6.55. The summed E-state index contributed by atoms with van der Waals surface area (Å²) in [6.07, 6.45) is -0.440. The summed E-state index contributed by atoms with van der Waals surface area (Å²) in [6.45, 7) is 3.70. The molecule has 2 heterocycles. The van der Waals surface area contributed by atoms with Crippen LogP contribution in [-0.4, -0.2) is 17.0 Å². The summed E-state index contributed by atoms with van der Waals surface area (Å²) in [7, 11) is 0. The minimum Gasteiger partial charge on any atom is -0.479 e. The van der Waals surface area contributed by atoms with E-state index in [1.807, 2.05) is 30.5 Å². The molecule has 1 amide bonds. The second-order valence-corrected chi connectivity index (χ2v) is 5.27. The van der Waals surface area contributed by atoms with Gasteiger partial charge in [-0.1, -0.05) is 0 Å². The highest BCUT2D eigenvalue weighted by molar-refractivity contribution is 7.09. The number of hydrogen-bond donors (Lipinski definition) is 1. The molecule has 1 aromatic carbocycles. The quantitative estimate of drug-likeness (QED) is 0.857. The molecule has 1 atom stereocenters. The van der Waals surface area contributed by atoms with Gasteiger partial charge >= 0.3 is 0 Å². The normalized spacial score (nSPS) is 17.9. The zero-order valence-electron chi connectivity index (χ0n) is 10.1. The summed E-state index contributed by atoms with van der Waals surface area (Å²) in [5.41, 5.74) is 2.62. The lowest BCUT2D eigenvalue weighted by atomic mass is 10.1. The Morgan fingerprint density at radius 1 is 1.44 bits per heavy atom. The summed E-state index contributed by atoms with van der Waals surface area (Å²) in [6, 6.07) is 5.72. The van der Waals surface area contributed by atoms with Gasteiger partial charge in [0.15, 0.2) is 6.10 Å². The monoisotopic (exact) mass is 260 g/mol. The van der Waals surface area contributed by atoms with Gasteiger partial charge in [0.1, 0.15) is 5.75 Å². The molecule has 0 fully saturated rings. The van der Waals surface area contributed by atoms with Gasteiger partial charge in [-0.05, 0) is 32.0 Å². The average molecular weight is 260 g/mol. The Hall–Kier alpha value is -1.88.